The van der Waals surface area contributed by atoms with E-state index in [2.05, 4.69) is 4.72 Å². The quantitative estimate of drug-likeness (QED) is 0.784. The highest BCUT2D eigenvalue weighted by atomic mass is 32.2. The average molecular weight is 319 g/mol. The Hall–Kier alpha value is -0.960. The number of hydrogen-bond acceptors (Lipinski definition) is 5. The molecule has 2 atom stereocenters. The Morgan fingerprint density at radius 3 is 2.50 bits per heavy atom. The standard InChI is InChI=1S/C12H17NO5S2/c14-12(10-4-2-1-3-5-10)8-13-20(17,18)11-6-7-19(15,16)9-11/h1-5,11-14H,6-9H2. The lowest BCUT2D eigenvalue weighted by Crippen LogP contribution is -2.37. The van der Waals surface area contributed by atoms with E-state index in [4.69, 9.17) is 0 Å². The fourth-order valence-corrected chi connectivity index (χ4v) is 6.20. The first-order chi connectivity index (χ1) is 9.30. The molecule has 112 valence electrons. The van der Waals surface area contributed by atoms with Gasteiger partial charge in [0.05, 0.1) is 22.9 Å². The third-order valence-corrected chi connectivity index (χ3v) is 7.12. The van der Waals surface area contributed by atoms with Crippen LogP contribution in [0.3, 0.4) is 0 Å². The molecule has 0 radical (unpaired) electrons. The van der Waals surface area contributed by atoms with Gasteiger partial charge >= 0.3 is 0 Å². The van der Waals surface area contributed by atoms with E-state index in [1.165, 1.54) is 0 Å². The van der Waals surface area contributed by atoms with Crippen LogP contribution in [0, 0.1) is 0 Å². The second kappa shape index (κ2) is 5.80. The van der Waals surface area contributed by atoms with Crippen molar-refractivity contribution in [2.24, 2.45) is 0 Å². The van der Waals surface area contributed by atoms with E-state index < -0.39 is 31.2 Å². The summed E-state index contributed by atoms with van der Waals surface area (Å²) in [5.41, 5.74) is 0.606. The van der Waals surface area contributed by atoms with Gasteiger partial charge in [-0.25, -0.2) is 21.6 Å². The van der Waals surface area contributed by atoms with Crippen LogP contribution in [0.2, 0.25) is 0 Å². The van der Waals surface area contributed by atoms with Gasteiger partial charge in [0, 0.05) is 6.54 Å². The van der Waals surface area contributed by atoms with Gasteiger partial charge in [0.2, 0.25) is 10.0 Å². The van der Waals surface area contributed by atoms with Crippen LogP contribution in [-0.4, -0.2) is 45.2 Å². The molecule has 1 fully saturated rings. The molecule has 1 aromatic carbocycles. The second-order valence-corrected chi connectivity index (χ2v) is 9.12. The number of rotatable bonds is 5. The van der Waals surface area contributed by atoms with Crippen molar-refractivity contribution < 1.29 is 21.9 Å². The van der Waals surface area contributed by atoms with Gasteiger partial charge in [0.1, 0.15) is 0 Å². The van der Waals surface area contributed by atoms with Crippen LogP contribution in [0.5, 0.6) is 0 Å². The lowest BCUT2D eigenvalue weighted by Gasteiger charge is -2.15. The van der Waals surface area contributed by atoms with Crippen molar-refractivity contribution >= 4 is 19.9 Å². The predicted molar refractivity (Wildman–Crippen MR) is 75.4 cm³/mol. The minimum atomic E-state index is -3.72. The van der Waals surface area contributed by atoms with Crippen molar-refractivity contribution in [3.63, 3.8) is 0 Å². The summed E-state index contributed by atoms with van der Waals surface area (Å²) in [7, 11) is -6.97. The highest BCUT2D eigenvalue weighted by Gasteiger charge is 2.37. The molecule has 0 aromatic heterocycles. The zero-order valence-corrected chi connectivity index (χ0v) is 12.4. The van der Waals surface area contributed by atoms with Crippen LogP contribution in [0.1, 0.15) is 18.1 Å². The average Bonchev–Trinajstić information content (AvgIpc) is 2.78. The Morgan fingerprint density at radius 2 is 1.95 bits per heavy atom. The number of aliphatic hydroxyl groups excluding tert-OH is 1. The Morgan fingerprint density at radius 1 is 1.30 bits per heavy atom. The fraction of sp³-hybridized carbons (Fsp3) is 0.500. The molecule has 8 heteroatoms. The van der Waals surface area contributed by atoms with Gasteiger partial charge in [-0.2, -0.15) is 0 Å². The molecule has 1 aliphatic heterocycles. The lowest BCUT2D eigenvalue weighted by atomic mass is 10.1. The number of benzene rings is 1. The minimum Gasteiger partial charge on any atom is -0.387 e. The summed E-state index contributed by atoms with van der Waals surface area (Å²) in [6.07, 6.45) is -0.844. The fourth-order valence-electron chi connectivity index (χ4n) is 2.11. The third-order valence-electron chi connectivity index (χ3n) is 3.29. The summed E-state index contributed by atoms with van der Waals surface area (Å²) in [6, 6.07) is 8.68. The van der Waals surface area contributed by atoms with Crippen LogP contribution in [-0.2, 0) is 19.9 Å². The lowest BCUT2D eigenvalue weighted by molar-refractivity contribution is 0.182. The third kappa shape index (κ3) is 3.78. The molecule has 0 bridgehead atoms. The molecule has 2 N–H and O–H groups in total. The topological polar surface area (TPSA) is 101 Å². The van der Waals surface area contributed by atoms with Crippen LogP contribution >= 0.6 is 0 Å². The maximum atomic E-state index is 12.0. The van der Waals surface area contributed by atoms with Crippen LogP contribution in [0.25, 0.3) is 0 Å². The first kappa shape index (κ1) is 15.4. The highest BCUT2D eigenvalue weighted by molar-refractivity contribution is 7.95. The summed E-state index contributed by atoms with van der Waals surface area (Å²) in [5, 5.41) is 8.96. The molecule has 1 heterocycles. The van der Waals surface area contributed by atoms with Gasteiger partial charge in [-0.3, -0.25) is 0 Å². The normalized spacial score (nSPS) is 23.6. The summed E-state index contributed by atoms with van der Waals surface area (Å²) < 4.78 is 48.8. The molecule has 1 aliphatic rings. The SMILES string of the molecule is O=S1(=O)CCC(S(=O)(=O)NCC(O)c2ccccc2)C1. The Balaban J connectivity index is 1.97. The van der Waals surface area contributed by atoms with Gasteiger partial charge in [-0.05, 0) is 12.0 Å². The molecule has 1 aromatic rings. The van der Waals surface area contributed by atoms with E-state index in [-0.39, 0.29) is 24.5 Å². The Bertz CT molecular complexity index is 654. The molecule has 2 unspecified atom stereocenters. The number of nitrogens with one attached hydrogen (secondary N) is 1. The highest BCUT2D eigenvalue weighted by Crippen LogP contribution is 2.19. The van der Waals surface area contributed by atoms with Crippen LogP contribution < -0.4 is 4.72 Å². The zero-order chi connectivity index (χ0) is 14.8. The molecule has 20 heavy (non-hydrogen) atoms. The minimum absolute atomic E-state index is 0.0974. The summed E-state index contributed by atoms with van der Waals surface area (Å²) in [5.74, 6) is -0.441. The molecule has 2 rings (SSSR count). The smallest absolute Gasteiger partial charge is 0.215 e. The van der Waals surface area contributed by atoms with Crippen LogP contribution in [0.4, 0.5) is 0 Å². The molecule has 0 amide bonds. The molecule has 1 saturated heterocycles. The van der Waals surface area contributed by atoms with Gasteiger partial charge in [-0.1, -0.05) is 30.3 Å². The number of sulfonamides is 1. The maximum absolute atomic E-state index is 12.0. The van der Waals surface area contributed by atoms with Crippen LogP contribution in [0.15, 0.2) is 30.3 Å². The first-order valence-electron chi connectivity index (χ1n) is 6.22. The molecule has 0 spiro atoms. The van der Waals surface area contributed by atoms with E-state index in [0.29, 0.717) is 5.56 Å². The second-order valence-electron chi connectivity index (χ2n) is 4.84. The monoisotopic (exact) mass is 319 g/mol. The predicted octanol–water partition coefficient (Wildman–Crippen LogP) is -0.173. The van der Waals surface area contributed by atoms with Crippen molar-refractivity contribution in [2.75, 3.05) is 18.1 Å². The van der Waals surface area contributed by atoms with Gasteiger partial charge in [-0.15, -0.1) is 0 Å². The number of sulfone groups is 1. The maximum Gasteiger partial charge on any atom is 0.215 e. The van der Waals surface area contributed by atoms with E-state index in [1.54, 1.807) is 30.3 Å². The number of aliphatic hydroxyl groups is 1. The molecular formula is C12H17NO5S2. The van der Waals surface area contributed by atoms with E-state index in [1.807, 2.05) is 0 Å². The summed E-state index contributed by atoms with van der Waals surface area (Å²) in [6.45, 7) is -0.164. The van der Waals surface area contributed by atoms with E-state index in [9.17, 15) is 21.9 Å². The van der Waals surface area contributed by atoms with Gasteiger partial charge in [0.15, 0.2) is 9.84 Å². The van der Waals surface area contributed by atoms with Crippen molar-refractivity contribution in [1.82, 2.24) is 4.72 Å². The molecule has 6 nitrogen and oxygen atoms in total. The first-order valence-corrected chi connectivity index (χ1v) is 9.59. The van der Waals surface area contributed by atoms with Crippen molar-refractivity contribution in [2.45, 2.75) is 17.8 Å². The zero-order valence-electron chi connectivity index (χ0n) is 10.8. The molecular weight excluding hydrogens is 302 g/mol. The Kier molecular flexibility index (Phi) is 4.48. The molecule has 0 aliphatic carbocycles. The van der Waals surface area contributed by atoms with Crippen molar-refractivity contribution in [3.05, 3.63) is 35.9 Å². The summed E-state index contributed by atoms with van der Waals surface area (Å²) >= 11 is 0. The van der Waals surface area contributed by atoms with Gasteiger partial charge in [0.25, 0.3) is 0 Å². The van der Waals surface area contributed by atoms with Gasteiger partial charge < -0.3 is 5.11 Å². The largest absolute Gasteiger partial charge is 0.387 e. The van der Waals surface area contributed by atoms with E-state index in [0.717, 1.165) is 0 Å². The van der Waals surface area contributed by atoms with Crippen molar-refractivity contribution in [1.29, 1.82) is 0 Å². The van der Waals surface area contributed by atoms with Crippen molar-refractivity contribution in [3.8, 4) is 0 Å². The number of hydrogen-bond donors (Lipinski definition) is 2. The van der Waals surface area contributed by atoms with E-state index >= 15 is 0 Å². The Labute approximate surface area is 118 Å². The molecule has 0 saturated carbocycles. The summed E-state index contributed by atoms with van der Waals surface area (Å²) in [4.78, 5) is 0.